The van der Waals surface area contributed by atoms with Gasteiger partial charge in [-0.3, -0.25) is 9.78 Å². The summed E-state index contributed by atoms with van der Waals surface area (Å²) in [4.78, 5) is 23.0. The third-order valence-electron chi connectivity index (χ3n) is 2.96. The summed E-state index contributed by atoms with van der Waals surface area (Å²) >= 11 is 6.55. The molecule has 21 heavy (non-hydrogen) atoms. The highest BCUT2D eigenvalue weighted by Crippen LogP contribution is 2.40. The summed E-state index contributed by atoms with van der Waals surface area (Å²) in [6, 6.07) is 8.03. The van der Waals surface area contributed by atoms with Gasteiger partial charge in [-0.15, -0.1) is 11.3 Å². The Kier molecular flexibility index (Phi) is 4.05. The van der Waals surface area contributed by atoms with Crippen molar-refractivity contribution in [2.24, 2.45) is 0 Å². The molecule has 4 nitrogen and oxygen atoms in total. The van der Waals surface area contributed by atoms with E-state index < -0.39 is 0 Å². The van der Waals surface area contributed by atoms with Gasteiger partial charge in [0, 0.05) is 19.1 Å². The lowest BCUT2D eigenvalue weighted by molar-refractivity contribution is 1.13. The van der Waals surface area contributed by atoms with Crippen molar-refractivity contribution >= 4 is 55.2 Å². The molecule has 3 aromatic rings. The number of anilines is 1. The number of benzene rings is 1. The third kappa shape index (κ3) is 2.86. The number of fused-ring (bicyclic) bond motifs is 1. The van der Waals surface area contributed by atoms with Gasteiger partial charge >= 0.3 is 0 Å². The second kappa shape index (κ2) is 5.82. The Balaban J connectivity index is 2.16. The fourth-order valence-electron chi connectivity index (χ4n) is 2.01. The zero-order valence-corrected chi connectivity index (χ0v) is 14.4. The zero-order valence-electron chi connectivity index (χ0n) is 11.1. The molecule has 0 saturated heterocycles. The van der Waals surface area contributed by atoms with Crippen LogP contribution < -0.4 is 11.3 Å². The highest BCUT2D eigenvalue weighted by Gasteiger charge is 2.17. The molecule has 3 rings (SSSR count). The normalized spacial score (nSPS) is 11.1. The van der Waals surface area contributed by atoms with E-state index >= 15 is 0 Å². The zero-order chi connectivity index (χ0) is 15.0. The van der Waals surface area contributed by atoms with Gasteiger partial charge in [-0.25, -0.2) is 4.98 Å². The van der Waals surface area contributed by atoms with Crippen molar-refractivity contribution in [2.45, 2.75) is 23.1 Å². The predicted octanol–water partition coefficient (Wildman–Crippen LogP) is 4.04. The lowest BCUT2D eigenvalue weighted by atomic mass is 10.3. The first-order valence-corrected chi connectivity index (χ1v) is 8.75. The molecule has 0 atom stereocenters. The van der Waals surface area contributed by atoms with E-state index in [4.69, 9.17) is 5.73 Å². The number of H-pyrrole nitrogens is 1. The van der Waals surface area contributed by atoms with Gasteiger partial charge in [0.05, 0.1) is 5.39 Å². The Labute approximate surface area is 137 Å². The lowest BCUT2D eigenvalue weighted by Gasteiger charge is -2.03. The number of rotatable bonds is 3. The number of nitrogens with two attached hydrogens (primary N) is 1. The molecule has 1 aromatic carbocycles. The first kappa shape index (κ1) is 14.6. The molecule has 0 amide bonds. The van der Waals surface area contributed by atoms with E-state index in [0.29, 0.717) is 10.2 Å². The number of nitrogen functional groups attached to an aromatic ring is 1. The number of aryl methyl sites for hydroxylation is 1. The van der Waals surface area contributed by atoms with Gasteiger partial charge in [-0.05, 0) is 30.7 Å². The topological polar surface area (TPSA) is 71.8 Å². The third-order valence-corrected chi connectivity index (χ3v) is 6.01. The van der Waals surface area contributed by atoms with Gasteiger partial charge in [0.2, 0.25) is 5.95 Å². The molecule has 108 valence electrons. The van der Waals surface area contributed by atoms with Crippen molar-refractivity contribution < 1.29 is 0 Å². The molecule has 0 fully saturated rings. The number of hydrogen-bond acceptors (Lipinski definition) is 5. The molecule has 0 aliphatic heterocycles. The summed E-state index contributed by atoms with van der Waals surface area (Å²) in [7, 11) is 0. The van der Waals surface area contributed by atoms with E-state index in [0.717, 1.165) is 25.6 Å². The van der Waals surface area contributed by atoms with Crippen molar-refractivity contribution in [1.29, 1.82) is 0 Å². The molecule has 7 heteroatoms. The second-order valence-corrected chi connectivity index (χ2v) is 7.48. The van der Waals surface area contributed by atoms with Gasteiger partial charge in [0.25, 0.3) is 5.56 Å². The maximum absolute atomic E-state index is 12.2. The van der Waals surface area contributed by atoms with E-state index in [-0.39, 0.29) is 11.5 Å². The summed E-state index contributed by atoms with van der Waals surface area (Å²) in [6.07, 6.45) is 0.860. The number of thiophene rings is 1. The highest BCUT2D eigenvalue weighted by atomic mass is 79.9. The molecule has 0 radical (unpaired) electrons. The summed E-state index contributed by atoms with van der Waals surface area (Å²) in [6.45, 7) is 2.08. The van der Waals surface area contributed by atoms with Crippen LogP contribution in [-0.2, 0) is 6.42 Å². The van der Waals surface area contributed by atoms with Crippen LogP contribution in [0.4, 0.5) is 5.95 Å². The molecule has 0 bridgehead atoms. The minimum absolute atomic E-state index is 0.164. The van der Waals surface area contributed by atoms with E-state index in [2.05, 4.69) is 32.8 Å². The highest BCUT2D eigenvalue weighted by molar-refractivity contribution is 9.10. The fraction of sp³-hybridized carbons (Fsp3) is 0.143. The molecule has 2 heterocycles. The average Bonchev–Trinajstić information content (AvgIpc) is 2.79. The van der Waals surface area contributed by atoms with Crippen LogP contribution >= 0.6 is 39.0 Å². The van der Waals surface area contributed by atoms with Crippen molar-refractivity contribution in [3.8, 4) is 0 Å². The number of hydrogen-bond donors (Lipinski definition) is 2. The number of nitrogens with zero attached hydrogens (tertiary/aromatic N) is 1. The first-order chi connectivity index (χ1) is 10.1. The Hall–Kier alpha value is -1.31. The lowest BCUT2D eigenvalue weighted by Crippen LogP contribution is -2.10. The molecule has 0 spiro atoms. The maximum atomic E-state index is 12.2. The van der Waals surface area contributed by atoms with E-state index in [1.54, 1.807) is 11.8 Å². The fourth-order valence-corrected chi connectivity index (χ4v) is 4.66. The standard InChI is InChI=1S/C14H12BrN3OS2/c1-2-9-11(20-8-5-3-7(15)4-6-8)10-12(19)17-14(16)18-13(10)21-9/h3-6H,2H2,1H3,(H3,16,17,18,19). The molecule has 0 saturated carbocycles. The van der Waals surface area contributed by atoms with E-state index in [9.17, 15) is 4.79 Å². The number of aromatic amines is 1. The first-order valence-electron chi connectivity index (χ1n) is 6.33. The van der Waals surface area contributed by atoms with Crippen LogP contribution in [0.25, 0.3) is 10.2 Å². The van der Waals surface area contributed by atoms with Gasteiger partial charge in [-0.2, -0.15) is 0 Å². The second-order valence-electron chi connectivity index (χ2n) is 4.40. The number of aromatic nitrogens is 2. The summed E-state index contributed by atoms with van der Waals surface area (Å²) in [5.41, 5.74) is 5.45. The Bertz CT molecular complexity index is 855. The van der Waals surface area contributed by atoms with Crippen LogP contribution in [0.1, 0.15) is 11.8 Å². The smallest absolute Gasteiger partial charge is 0.262 e. The molecular weight excluding hydrogens is 370 g/mol. The summed E-state index contributed by atoms with van der Waals surface area (Å²) in [5, 5.41) is 0.638. The molecule has 0 aliphatic carbocycles. The van der Waals surface area contributed by atoms with Crippen LogP contribution in [0.5, 0.6) is 0 Å². The Morgan fingerprint density at radius 1 is 1.38 bits per heavy atom. The van der Waals surface area contributed by atoms with Crippen LogP contribution in [0, 0.1) is 0 Å². The van der Waals surface area contributed by atoms with Crippen molar-refractivity contribution in [3.63, 3.8) is 0 Å². The van der Waals surface area contributed by atoms with E-state index in [1.807, 2.05) is 24.3 Å². The average molecular weight is 382 g/mol. The Morgan fingerprint density at radius 3 is 2.76 bits per heavy atom. The number of nitrogens with one attached hydrogen (secondary N) is 1. The molecular formula is C14H12BrN3OS2. The largest absolute Gasteiger partial charge is 0.369 e. The SMILES string of the molecule is CCc1sc2nc(N)[nH]c(=O)c2c1Sc1ccc(Br)cc1. The molecule has 0 aliphatic rings. The quantitative estimate of drug-likeness (QED) is 0.717. The molecule has 2 aromatic heterocycles. The number of halogens is 1. The predicted molar refractivity (Wildman–Crippen MR) is 92.3 cm³/mol. The van der Waals surface area contributed by atoms with Crippen LogP contribution in [0.2, 0.25) is 0 Å². The van der Waals surface area contributed by atoms with Gasteiger partial charge in [-0.1, -0.05) is 34.6 Å². The van der Waals surface area contributed by atoms with Crippen molar-refractivity contribution in [2.75, 3.05) is 5.73 Å². The summed E-state index contributed by atoms with van der Waals surface area (Å²) in [5.74, 6) is 0.164. The van der Waals surface area contributed by atoms with Crippen LogP contribution in [-0.4, -0.2) is 9.97 Å². The summed E-state index contributed by atoms with van der Waals surface area (Å²) < 4.78 is 1.03. The van der Waals surface area contributed by atoms with Crippen LogP contribution in [0.15, 0.2) is 43.3 Å². The van der Waals surface area contributed by atoms with Gasteiger partial charge in [0.15, 0.2) is 0 Å². The Morgan fingerprint density at radius 2 is 2.10 bits per heavy atom. The van der Waals surface area contributed by atoms with E-state index in [1.165, 1.54) is 11.3 Å². The van der Waals surface area contributed by atoms with Gasteiger partial charge < -0.3 is 5.73 Å². The maximum Gasteiger partial charge on any atom is 0.262 e. The van der Waals surface area contributed by atoms with Crippen molar-refractivity contribution in [3.05, 3.63) is 44.0 Å². The minimum Gasteiger partial charge on any atom is -0.369 e. The minimum atomic E-state index is -0.173. The van der Waals surface area contributed by atoms with Crippen molar-refractivity contribution in [1.82, 2.24) is 9.97 Å². The molecule has 3 N–H and O–H groups in total. The monoisotopic (exact) mass is 381 g/mol. The van der Waals surface area contributed by atoms with Gasteiger partial charge in [0.1, 0.15) is 4.83 Å². The molecule has 0 unspecified atom stereocenters. The van der Waals surface area contributed by atoms with Crippen LogP contribution in [0.3, 0.4) is 0 Å².